The fourth-order valence-electron chi connectivity index (χ4n) is 3.12. The number of rotatable bonds is 3. The Balaban J connectivity index is 1.76. The van der Waals surface area contributed by atoms with Crippen molar-refractivity contribution >= 4 is 11.4 Å². The van der Waals surface area contributed by atoms with Crippen molar-refractivity contribution in [3.63, 3.8) is 0 Å². The Morgan fingerprint density at radius 3 is 2.50 bits per heavy atom. The lowest BCUT2D eigenvalue weighted by Crippen LogP contribution is -2.21. The van der Waals surface area contributed by atoms with E-state index in [-0.39, 0.29) is 11.8 Å². The highest BCUT2D eigenvalue weighted by atomic mass is 16.5. The van der Waals surface area contributed by atoms with Crippen molar-refractivity contribution in [3.8, 4) is 11.8 Å². The van der Waals surface area contributed by atoms with Gasteiger partial charge in [0.15, 0.2) is 0 Å². The molecule has 4 rings (SSSR count). The molecule has 0 saturated carbocycles. The molecule has 5 heteroatoms. The summed E-state index contributed by atoms with van der Waals surface area (Å²) in [4.78, 5) is 4.06. The van der Waals surface area contributed by atoms with Gasteiger partial charge >= 0.3 is 0 Å². The normalized spacial score (nSPS) is 15.6. The van der Waals surface area contributed by atoms with Crippen molar-refractivity contribution in [2.24, 2.45) is 5.73 Å². The second kappa shape index (κ2) is 6.61. The first kappa shape index (κ1) is 15.7. The zero-order valence-electron chi connectivity index (χ0n) is 13.9. The number of para-hydroxylation sites is 1. The number of fused-ring (bicyclic) bond motifs is 1. The number of pyridine rings is 1. The molecule has 3 N–H and O–H groups in total. The molecule has 126 valence electrons. The summed E-state index contributed by atoms with van der Waals surface area (Å²) in [5.41, 5.74) is 10.2. The van der Waals surface area contributed by atoms with E-state index in [4.69, 9.17) is 10.5 Å². The molecular weight excluding hydrogens is 324 g/mol. The number of ether oxygens (including phenoxy) is 1. The molecule has 2 aromatic carbocycles. The third-order valence-electron chi connectivity index (χ3n) is 4.32. The zero-order chi connectivity index (χ0) is 17.9. The molecule has 2 heterocycles. The molecule has 0 spiro atoms. The van der Waals surface area contributed by atoms with Gasteiger partial charge in [0.2, 0.25) is 5.88 Å². The number of hydrogen-bond donors (Lipinski definition) is 2. The minimum atomic E-state index is -0.266. The van der Waals surface area contributed by atoms with E-state index in [0.29, 0.717) is 11.3 Å². The predicted molar refractivity (Wildman–Crippen MR) is 99.7 cm³/mol. The Morgan fingerprint density at radius 2 is 1.77 bits per heavy atom. The second-order valence-electron chi connectivity index (χ2n) is 5.95. The molecular formula is C21H16N4O. The standard InChI is InChI=1S/C21H16N4O/c22-13-18-20(14-8-10-24-11-9-14)17-7-6-16(12-19(17)26-21(18)23)25-15-4-2-1-3-5-15/h1-12,20,25H,23H2/t20-/m1/s1. The fourth-order valence-corrected chi connectivity index (χ4v) is 3.12. The maximum absolute atomic E-state index is 9.57. The van der Waals surface area contributed by atoms with Crippen molar-refractivity contribution in [3.05, 3.63) is 95.6 Å². The highest BCUT2D eigenvalue weighted by Gasteiger charge is 2.30. The Kier molecular flexibility index (Phi) is 4.00. The molecule has 0 unspecified atom stereocenters. The van der Waals surface area contributed by atoms with Gasteiger partial charge in [0.1, 0.15) is 17.4 Å². The molecule has 1 aliphatic heterocycles. The van der Waals surface area contributed by atoms with Gasteiger partial charge < -0.3 is 15.8 Å². The minimum Gasteiger partial charge on any atom is -0.440 e. The number of nitriles is 1. The largest absolute Gasteiger partial charge is 0.440 e. The van der Waals surface area contributed by atoms with Crippen molar-refractivity contribution in [1.82, 2.24) is 4.98 Å². The number of hydrogen-bond acceptors (Lipinski definition) is 5. The highest BCUT2D eigenvalue weighted by Crippen LogP contribution is 2.43. The van der Waals surface area contributed by atoms with Gasteiger partial charge in [-0.2, -0.15) is 5.26 Å². The molecule has 26 heavy (non-hydrogen) atoms. The lowest BCUT2D eigenvalue weighted by Gasteiger charge is -2.26. The Labute approximate surface area is 151 Å². The molecule has 0 bridgehead atoms. The minimum absolute atomic E-state index is 0.138. The summed E-state index contributed by atoms with van der Waals surface area (Å²) in [6.45, 7) is 0. The van der Waals surface area contributed by atoms with Gasteiger partial charge in [0, 0.05) is 35.4 Å². The monoisotopic (exact) mass is 340 g/mol. The maximum Gasteiger partial charge on any atom is 0.205 e. The predicted octanol–water partition coefficient (Wildman–Crippen LogP) is 4.04. The summed E-state index contributed by atoms with van der Waals surface area (Å²) in [6.07, 6.45) is 3.42. The van der Waals surface area contributed by atoms with Crippen molar-refractivity contribution < 1.29 is 4.74 Å². The van der Waals surface area contributed by atoms with Crippen LogP contribution in [0.25, 0.3) is 0 Å². The van der Waals surface area contributed by atoms with Gasteiger partial charge in [-0.15, -0.1) is 0 Å². The van der Waals surface area contributed by atoms with Crippen molar-refractivity contribution in [2.45, 2.75) is 5.92 Å². The average Bonchev–Trinajstić information content (AvgIpc) is 2.68. The van der Waals surface area contributed by atoms with Crippen LogP contribution in [0, 0.1) is 11.3 Å². The Morgan fingerprint density at radius 1 is 1.00 bits per heavy atom. The number of aromatic nitrogens is 1. The number of allylic oxidation sites excluding steroid dienone is 1. The highest BCUT2D eigenvalue weighted by molar-refractivity contribution is 5.65. The summed E-state index contributed by atoms with van der Waals surface area (Å²) in [6, 6.07) is 21.7. The summed E-state index contributed by atoms with van der Waals surface area (Å²) >= 11 is 0. The van der Waals surface area contributed by atoms with E-state index in [1.165, 1.54) is 0 Å². The summed E-state index contributed by atoms with van der Waals surface area (Å²) < 4.78 is 5.74. The first-order valence-corrected chi connectivity index (χ1v) is 8.20. The number of nitrogens with two attached hydrogens (primary N) is 1. The van der Waals surface area contributed by atoms with E-state index in [0.717, 1.165) is 22.5 Å². The van der Waals surface area contributed by atoms with Crippen LogP contribution in [0.1, 0.15) is 17.0 Å². The molecule has 0 aliphatic carbocycles. The zero-order valence-corrected chi connectivity index (χ0v) is 13.9. The number of benzene rings is 2. The van der Waals surface area contributed by atoms with Gasteiger partial charge in [0.05, 0.1) is 5.92 Å². The van der Waals surface area contributed by atoms with Gasteiger partial charge in [-0.1, -0.05) is 24.3 Å². The first-order valence-electron chi connectivity index (χ1n) is 8.20. The van der Waals surface area contributed by atoms with Crippen LogP contribution >= 0.6 is 0 Å². The van der Waals surface area contributed by atoms with Gasteiger partial charge in [0.25, 0.3) is 0 Å². The van der Waals surface area contributed by atoms with E-state index >= 15 is 0 Å². The molecule has 3 aromatic rings. The Bertz CT molecular complexity index is 1010. The Hall–Kier alpha value is -3.78. The van der Waals surface area contributed by atoms with Crippen molar-refractivity contribution in [2.75, 3.05) is 5.32 Å². The van der Waals surface area contributed by atoms with E-state index in [1.807, 2.05) is 60.7 Å². The molecule has 0 amide bonds. The average molecular weight is 340 g/mol. The van der Waals surface area contributed by atoms with Crippen LogP contribution in [-0.4, -0.2) is 4.98 Å². The van der Waals surface area contributed by atoms with Crippen molar-refractivity contribution in [1.29, 1.82) is 5.26 Å². The van der Waals surface area contributed by atoms with E-state index in [2.05, 4.69) is 16.4 Å². The summed E-state index contributed by atoms with van der Waals surface area (Å²) in [5, 5.41) is 12.9. The van der Waals surface area contributed by atoms with Gasteiger partial charge in [-0.05, 0) is 35.9 Å². The van der Waals surface area contributed by atoms with Crippen LogP contribution in [0.2, 0.25) is 0 Å². The quantitative estimate of drug-likeness (QED) is 0.751. The van der Waals surface area contributed by atoms with E-state index in [9.17, 15) is 5.26 Å². The maximum atomic E-state index is 9.57. The third kappa shape index (κ3) is 2.85. The van der Waals surface area contributed by atoms with Crippen LogP contribution in [0.15, 0.2) is 84.5 Å². The van der Waals surface area contributed by atoms with Crippen LogP contribution in [0.5, 0.6) is 5.75 Å². The topological polar surface area (TPSA) is 84.0 Å². The number of anilines is 2. The SMILES string of the molecule is N#CC1=C(N)Oc2cc(Nc3ccccc3)ccc2[C@H]1c1ccncc1. The molecule has 1 aromatic heterocycles. The molecule has 5 nitrogen and oxygen atoms in total. The lowest BCUT2D eigenvalue weighted by atomic mass is 9.84. The molecule has 0 saturated heterocycles. The summed E-state index contributed by atoms with van der Waals surface area (Å²) in [5.74, 6) is 0.514. The van der Waals surface area contributed by atoms with E-state index < -0.39 is 0 Å². The van der Waals surface area contributed by atoms with Crippen LogP contribution in [0.3, 0.4) is 0 Å². The molecule has 0 radical (unpaired) electrons. The number of nitrogens with zero attached hydrogens (tertiary/aromatic N) is 2. The van der Waals surface area contributed by atoms with E-state index in [1.54, 1.807) is 12.4 Å². The van der Waals surface area contributed by atoms with Crippen LogP contribution < -0.4 is 15.8 Å². The van der Waals surface area contributed by atoms with Crippen LogP contribution in [0.4, 0.5) is 11.4 Å². The molecule has 1 atom stereocenters. The smallest absolute Gasteiger partial charge is 0.205 e. The van der Waals surface area contributed by atoms with Crippen LogP contribution in [-0.2, 0) is 0 Å². The van der Waals surface area contributed by atoms with Gasteiger partial charge in [-0.3, -0.25) is 4.98 Å². The first-order chi connectivity index (χ1) is 12.8. The molecule has 0 fully saturated rings. The molecule has 1 aliphatic rings. The second-order valence-corrected chi connectivity index (χ2v) is 5.95. The lowest BCUT2D eigenvalue weighted by molar-refractivity contribution is 0.394. The van der Waals surface area contributed by atoms with Gasteiger partial charge in [-0.25, -0.2) is 0 Å². The third-order valence-corrected chi connectivity index (χ3v) is 4.32. The summed E-state index contributed by atoms with van der Waals surface area (Å²) in [7, 11) is 0. The fraction of sp³-hybridized carbons (Fsp3) is 0.0476. The number of nitrogens with one attached hydrogen (secondary N) is 1.